The van der Waals surface area contributed by atoms with Gasteiger partial charge >= 0.3 is 11.8 Å². The van der Waals surface area contributed by atoms with Crippen LogP contribution in [0.4, 0.5) is 5.69 Å². The Morgan fingerprint density at radius 3 is 2.25 bits per heavy atom. The molecule has 0 spiro atoms. The molecule has 0 bridgehead atoms. The minimum absolute atomic E-state index is 0. The summed E-state index contributed by atoms with van der Waals surface area (Å²) >= 11 is 0. The van der Waals surface area contributed by atoms with E-state index in [-0.39, 0.29) is 19.2 Å². The van der Waals surface area contributed by atoms with Crippen molar-refractivity contribution in [2.75, 3.05) is 12.4 Å². The van der Waals surface area contributed by atoms with Crippen molar-refractivity contribution < 1.29 is 25.1 Å². The summed E-state index contributed by atoms with van der Waals surface area (Å²) in [4.78, 5) is 49.2. The van der Waals surface area contributed by atoms with Crippen molar-refractivity contribution in [1.29, 1.82) is 0 Å². The highest BCUT2D eigenvalue weighted by Gasteiger charge is 2.28. The van der Waals surface area contributed by atoms with Crippen LogP contribution < -0.4 is 21.3 Å². The lowest BCUT2D eigenvalue weighted by molar-refractivity contribution is -0.138. The first kappa shape index (κ1) is 27.5. The van der Waals surface area contributed by atoms with E-state index in [0.717, 1.165) is 5.56 Å². The standard InChI is InChI=1S/C22H35N4O5P.H2/c1-7-17(31-32)16(12-18(27)23-6)26-19(28)13(2)24-20(29)21(30)25-15-11-9-8-10-14(15)22(3,4)5;/h8-11,13,16-17H,7,12,32H2,1-6H3,(H,23,27)(H,24,29)(H,25,30)(H,26,28);1H/t13-,16-,17?;/m0./s1/i;1+2. The molecule has 9 nitrogen and oxygen atoms in total. The minimum Gasteiger partial charge on any atom is -0.360 e. The molecule has 0 radical (unpaired) electrons. The van der Waals surface area contributed by atoms with E-state index < -0.39 is 35.9 Å². The van der Waals surface area contributed by atoms with Gasteiger partial charge in [-0.2, -0.15) is 0 Å². The first-order valence-corrected chi connectivity index (χ1v) is 11.0. The van der Waals surface area contributed by atoms with E-state index in [9.17, 15) is 19.2 Å². The van der Waals surface area contributed by atoms with Gasteiger partial charge in [0.05, 0.1) is 12.1 Å². The van der Waals surface area contributed by atoms with Crippen LogP contribution in [0.1, 0.15) is 54.5 Å². The predicted octanol–water partition coefficient (Wildman–Crippen LogP) is 1.88. The van der Waals surface area contributed by atoms with E-state index in [0.29, 0.717) is 12.1 Å². The molecule has 10 heteroatoms. The smallest absolute Gasteiger partial charge is 0.313 e. The van der Waals surface area contributed by atoms with Gasteiger partial charge in [-0.05, 0) is 30.4 Å². The van der Waals surface area contributed by atoms with Crippen molar-refractivity contribution in [2.24, 2.45) is 0 Å². The van der Waals surface area contributed by atoms with Crippen molar-refractivity contribution in [1.82, 2.24) is 16.0 Å². The third-order valence-corrected chi connectivity index (χ3v) is 5.32. The summed E-state index contributed by atoms with van der Waals surface area (Å²) in [5, 5.41) is 10.2. The lowest BCUT2D eigenvalue weighted by atomic mass is 9.86. The van der Waals surface area contributed by atoms with Crippen LogP contribution in [0.2, 0.25) is 0 Å². The van der Waals surface area contributed by atoms with Crippen molar-refractivity contribution in [3.05, 3.63) is 29.8 Å². The Morgan fingerprint density at radius 2 is 1.72 bits per heavy atom. The second-order valence-electron chi connectivity index (χ2n) is 8.52. The summed E-state index contributed by atoms with van der Waals surface area (Å²) in [5.41, 5.74) is 1.18. The van der Waals surface area contributed by atoms with Gasteiger partial charge in [0.25, 0.3) is 0 Å². The molecule has 0 saturated carbocycles. The average Bonchev–Trinajstić information content (AvgIpc) is 2.73. The Bertz CT molecular complexity index is 827. The SMILES string of the molecule is CCC(OP)[C@H](CC(=O)NC)NC(=O)[C@H](C)NC(=O)C(=O)Nc1ccccc1C(C)(C)C.[3HH]. The van der Waals surface area contributed by atoms with Crippen LogP contribution in [-0.2, 0) is 29.1 Å². The highest BCUT2D eigenvalue weighted by atomic mass is 31.0. The Morgan fingerprint density at radius 1 is 1.09 bits per heavy atom. The van der Waals surface area contributed by atoms with Gasteiger partial charge in [-0.1, -0.05) is 45.9 Å². The molecule has 1 aromatic carbocycles. The predicted molar refractivity (Wildman–Crippen MR) is 129 cm³/mol. The number of nitrogens with one attached hydrogen (secondary N) is 4. The lowest BCUT2D eigenvalue weighted by Crippen LogP contribution is -2.53. The van der Waals surface area contributed by atoms with E-state index in [4.69, 9.17) is 4.52 Å². The average molecular weight is 471 g/mol. The Kier molecular flexibility index (Phi) is 10.8. The summed E-state index contributed by atoms with van der Waals surface area (Å²) in [6, 6.07) is 5.63. The molecule has 32 heavy (non-hydrogen) atoms. The van der Waals surface area contributed by atoms with Crippen LogP contribution in [0.3, 0.4) is 0 Å². The van der Waals surface area contributed by atoms with Gasteiger partial charge < -0.3 is 25.8 Å². The zero-order valence-corrected chi connectivity index (χ0v) is 20.7. The Labute approximate surface area is 193 Å². The van der Waals surface area contributed by atoms with Crippen molar-refractivity contribution in [3.63, 3.8) is 0 Å². The van der Waals surface area contributed by atoms with Crippen LogP contribution >= 0.6 is 9.47 Å². The third kappa shape index (κ3) is 8.20. The number of benzene rings is 1. The number of carbonyl (C=O) groups is 4. The topological polar surface area (TPSA) is 126 Å². The molecule has 0 fully saturated rings. The molecule has 0 saturated heterocycles. The Balaban J connectivity index is 0.0000102. The van der Waals surface area contributed by atoms with Gasteiger partial charge in [0.1, 0.15) is 6.04 Å². The van der Waals surface area contributed by atoms with Gasteiger partial charge in [-0.25, -0.2) is 0 Å². The molecule has 180 valence electrons. The second kappa shape index (κ2) is 12.5. The van der Waals surface area contributed by atoms with Gasteiger partial charge in [0, 0.05) is 30.0 Å². The molecular weight excluding hydrogens is 431 g/mol. The largest absolute Gasteiger partial charge is 0.360 e. The van der Waals surface area contributed by atoms with Gasteiger partial charge in [0.2, 0.25) is 11.8 Å². The molecule has 0 aliphatic carbocycles. The number of hydrogen-bond donors (Lipinski definition) is 4. The zero-order valence-electron chi connectivity index (χ0n) is 19.6. The summed E-state index contributed by atoms with van der Waals surface area (Å²) in [6.45, 7) is 9.33. The number of para-hydroxylation sites is 1. The molecular formula is C22H37N4O5P. The van der Waals surface area contributed by atoms with Crippen LogP contribution in [0.25, 0.3) is 0 Å². The van der Waals surface area contributed by atoms with Gasteiger partial charge in [-0.15, -0.1) is 0 Å². The molecule has 4 N–H and O–H groups in total. The zero-order chi connectivity index (χ0) is 24.5. The van der Waals surface area contributed by atoms with E-state index in [2.05, 4.69) is 30.7 Å². The van der Waals surface area contributed by atoms with Gasteiger partial charge in [-0.3, -0.25) is 19.2 Å². The van der Waals surface area contributed by atoms with Crippen LogP contribution in [0.5, 0.6) is 0 Å². The van der Waals surface area contributed by atoms with E-state index in [1.165, 1.54) is 14.0 Å². The highest BCUT2D eigenvalue weighted by molar-refractivity contribution is 7.09. The minimum atomic E-state index is -1.000. The number of amides is 4. The summed E-state index contributed by atoms with van der Waals surface area (Å²) < 4.78 is 5.28. The van der Waals surface area contributed by atoms with E-state index in [1.807, 2.05) is 39.8 Å². The van der Waals surface area contributed by atoms with Gasteiger partial charge in [0.15, 0.2) is 0 Å². The maximum Gasteiger partial charge on any atom is 0.313 e. The molecule has 1 rings (SSSR count). The molecule has 0 aliphatic rings. The maximum absolute atomic E-state index is 12.6. The first-order chi connectivity index (χ1) is 14.9. The molecule has 2 unspecified atom stereocenters. The molecule has 4 amide bonds. The van der Waals surface area contributed by atoms with Crippen molar-refractivity contribution in [2.45, 2.75) is 71.1 Å². The van der Waals surface area contributed by atoms with E-state index in [1.54, 1.807) is 12.1 Å². The molecule has 0 aromatic heterocycles. The molecule has 1 aromatic rings. The fourth-order valence-electron chi connectivity index (χ4n) is 3.11. The summed E-state index contributed by atoms with van der Waals surface area (Å²) in [5.74, 6) is -2.60. The number of carbonyl (C=O) groups excluding carboxylic acids is 4. The quantitative estimate of drug-likeness (QED) is 0.324. The third-order valence-electron chi connectivity index (χ3n) is 4.97. The first-order valence-electron chi connectivity index (χ1n) is 10.5. The fourth-order valence-corrected chi connectivity index (χ4v) is 3.50. The highest BCUT2D eigenvalue weighted by Crippen LogP contribution is 2.29. The molecule has 4 atom stereocenters. The normalized spacial score (nSPS) is 14.0. The second-order valence-corrected chi connectivity index (χ2v) is 8.79. The Hall–Kier alpha value is -2.51. The monoisotopic (exact) mass is 470 g/mol. The number of anilines is 1. The van der Waals surface area contributed by atoms with Crippen LogP contribution in [-0.4, -0.2) is 48.9 Å². The summed E-state index contributed by atoms with van der Waals surface area (Å²) in [6.07, 6.45) is 0.156. The lowest BCUT2D eigenvalue weighted by Gasteiger charge is -2.27. The molecule has 0 heterocycles. The van der Waals surface area contributed by atoms with Crippen molar-refractivity contribution in [3.8, 4) is 0 Å². The maximum atomic E-state index is 12.6. The number of hydrogen-bond acceptors (Lipinski definition) is 5. The number of rotatable bonds is 9. The summed E-state index contributed by atoms with van der Waals surface area (Å²) in [7, 11) is 3.64. The van der Waals surface area contributed by atoms with Crippen LogP contribution in [0, 0.1) is 0 Å². The van der Waals surface area contributed by atoms with Crippen molar-refractivity contribution >= 4 is 38.8 Å². The fraction of sp³-hybridized carbons (Fsp3) is 0.545. The van der Waals surface area contributed by atoms with Crippen LogP contribution in [0.15, 0.2) is 24.3 Å². The van der Waals surface area contributed by atoms with E-state index >= 15 is 0 Å². The molecule has 0 aliphatic heterocycles.